The van der Waals surface area contributed by atoms with Crippen LogP contribution >= 0.6 is 0 Å². The zero-order valence-corrected chi connectivity index (χ0v) is 9.38. The molecule has 1 aromatic heterocycles. The first-order valence-corrected chi connectivity index (χ1v) is 5.18. The van der Waals surface area contributed by atoms with E-state index < -0.39 is 35.4 Å². The number of aromatic amines is 1. The van der Waals surface area contributed by atoms with Crippen molar-refractivity contribution >= 4 is 0 Å². The highest BCUT2D eigenvalue weighted by Crippen LogP contribution is 2.40. The number of nitrogens with one attached hydrogen (secondary N) is 1. The fraction of sp³-hybridized carbons (Fsp3) is 0.600. The first kappa shape index (κ1) is 12.0. The van der Waals surface area contributed by atoms with Gasteiger partial charge in [-0.3, -0.25) is 14.3 Å². The Bertz CT molecular complexity index is 536. The highest BCUT2D eigenvalue weighted by atomic mass is 19.1. The van der Waals surface area contributed by atoms with Crippen molar-refractivity contribution < 1.29 is 14.2 Å². The van der Waals surface area contributed by atoms with Gasteiger partial charge in [0.15, 0.2) is 11.9 Å². The fourth-order valence-electron chi connectivity index (χ4n) is 1.97. The maximum Gasteiger partial charge on any atom is 0.330 e. The molecule has 1 aliphatic rings. The lowest BCUT2D eigenvalue weighted by Crippen LogP contribution is -2.43. The molecule has 1 aliphatic heterocycles. The molecule has 1 unspecified atom stereocenters. The summed E-state index contributed by atoms with van der Waals surface area (Å²) in [6.45, 7) is 2.67. The Hall–Kier alpha value is -1.47. The minimum Gasteiger partial charge on any atom is -0.387 e. The molecule has 0 aliphatic carbocycles. The topological polar surface area (TPSA) is 84.3 Å². The molecule has 2 N–H and O–H groups in total. The molecule has 7 heteroatoms. The van der Waals surface area contributed by atoms with E-state index in [1.54, 1.807) is 0 Å². The zero-order valence-electron chi connectivity index (χ0n) is 9.38. The van der Waals surface area contributed by atoms with Crippen LogP contribution in [0.25, 0.3) is 0 Å². The van der Waals surface area contributed by atoms with Gasteiger partial charge in [0.1, 0.15) is 6.10 Å². The van der Waals surface area contributed by atoms with Gasteiger partial charge >= 0.3 is 5.69 Å². The van der Waals surface area contributed by atoms with E-state index in [0.29, 0.717) is 0 Å². The Morgan fingerprint density at radius 1 is 1.59 bits per heavy atom. The lowest BCUT2D eigenvalue weighted by Gasteiger charge is -2.24. The predicted octanol–water partition coefficient (Wildman–Crippen LogP) is -0.457. The molecular formula is C10H13FN2O4. The number of aromatic nitrogens is 2. The first-order valence-electron chi connectivity index (χ1n) is 5.18. The highest BCUT2D eigenvalue weighted by Gasteiger charge is 2.53. The van der Waals surface area contributed by atoms with E-state index in [1.807, 2.05) is 4.98 Å². The van der Waals surface area contributed by atoms with Crippen LogP contribution in [0.4, 0.5) is 4.39 Å². The Labute approximate surface area is 95.7 Å². The van der Waals surface area contributed by atoms with Gasteiger partial charge in [-0.05, 0) is 13.8 Å². The minimum absolute atomic E-state index is 0.571. The van der Waals surface area contributed by atoms with Crippen LogP contribution in [0.5, 0.6) is 0 Å². The van der Waals surface area contributed by atoms with Crippen molar-refractivity contribution in [1.29, 1.82) is 0 Å². The highest BCUT2D eigenvalue weighted by molar-refractivity contribution is 4.99. The molecule has 1 fully saturated rings. The Balaban J connectivity index is 2.48. The summed E-state index contributed by atoms with van der Waals surface area (Å²) in [6.07, 6.45) is -2.16. The number of hydrogen-bond donors (Lipinski definition) is 2. The molecule has 6 nitrogen and oxygen atoms in total. The van der Waals surface area contributed by atoms with Gasteiger partial charge in [-0.2, -0.15) is 0 Å². The molecular weight excluding hydrogens is 231 g/mol. The van der Waals surface area contributed by atoms with Crippen LogP contribution in [-0.4, -0.2) is 32.5 Å². The standard InChI is InChI=1S/C10H13FN2O4/c1-5-7(15)10(2,11)8(17-5)13-4-3-6(14)12-9(13)16/h3-5,7-8,15H,1-2H3,(H,12,14,16)/t5-,7?,8-,10+/m1/s1. The van der Waals surface area contributed by atoms with E-state index in [4.69, 9.17) is 4.74 Å². The summed E-state index contributed by atoms with van der Waals surface area (Å²) in [6, 6.07) is 1.09. The predicted molar refractivity (Wildman–Crippen MR) is 56.4 cm³/mol. The van der Waals surface area contributed by atoms with E-state index >= 15 is 0 Å². The lowest BCUT2D eigenvalue weighted by molar-refractivity contribution is -0.0475. The quantitative estimate of drug-likeness (QED) is 0.700. The SMILES string of the molecule is C[C@H]1O[C@@H](n2ccc(=O)[nH]c2=O)[C@@](C)(F)C1O. The average molecular weight is 244 g/mol. The van der Waals surface area contributed by atoms with Crippen molar-refractivity contribution in [3.8, 4) is 0 Å². The number of ether oxygens (including phenoxy) is 1. The van der Waals surface area contributed by atoms with Gasteiger partial charge in [0, 0.05) is 12.3 Å². The molecule has 0 radical (unpaired) electrons. The van der Waals surface area contributed by atoms with Gasteiger partial charge in [0.05, 0.1) is 6.10 Å². The van der Waals surface area contributed by atoms with Gasteiger partial charge in [-0.1, -0.05) is 0 Å². The van der Waals surface area contributed by atoms with Crippen molar-refractivity contribution in [2.75, 3.05) is 0 Å². The average Bonchev–Trinajstić information content (AvgIpc) is 2.43. The van der Waals surface area contributed by atoms with Gasteiger partial charge < -0.3 is 9.84 Å². The molecule has 17 heavy (non-hydrogen) atoms. The second kappa shape index (κ2) is 3.78. The normalized spacial score (nSPS) is 37.3. The van der Waals surface area contributed by atoms with Crippen molar-refractivity contribution in [1.82, 2.24) is 9.55 Å². The summed E-state index contributed by atoms with van der Waals surface area (Å²) < 4.78 is 20.4. The minimum atomic E-state index is -2.10. The maximum absolute atomic E-state index is 14.3. The molecule has 2 heterocycles. The van der Waals surface area contributed by atoms with Crippen LogP contribution in [-0.2, 0) is 4.74 Å². The molecule has 0 aromatic carbocycles. The maximum atomic E-state index is 14.3. The van der Waals surface area contributed by atoms with Crippen molar-refractivity contribution in [3.05, 3.63) is 33.1 Å². The zero-order chi connectivity index (χ0) is 12.8. The number of nitrogens with zero attached hydrogens (tertiary/aromatic N) is 1. The number of H-pyrrole nitrogens is 1. The monoisotopic (exact) mass is 244 g/mol. The van der Waals surface area contributed by atoms with Crippen LogP contribution in [0, 0.1) is 0 Å². The van der Waals surface area contributed by atoms with Crippen LogP contribution in [0.15, 0.2) is 21.9 Å². The molecule has 4 atom stereocenters. The van der Waals surface area contributed by atoms with Crippen LogP contribution < -0.4 is 11.2 Å². The number of halogens is 1. The van der Waals surface area contributed by atoms with Crippen molar-refractivity contribution in [2.24, 2.45) is 0 Å². The first-order chi connectivity index (χ1) is 7.84. The summed E-state index contributed by atoms with van der Waals surface area (Å²) in [5.41, 5.74) is -3.44. The smallest absolute Gasteiger partial charge is 0.330 e. The fourth-order valence-corrected chi connectivity index (χ4v) is 1.97. The Morgan fingerprint density at radius 2 is 2.24 bits per heavy atom. The third-order valence-electron chi connectivity index (χ3n) is 2.95. The number of rotatable bonds is 1. The Kier molecular flexibility index (Phi) is 2.67. The van der Waals surface area contributed by atoms with Crippen molar-refractivity contribution in [3.63, 3.8) is 0 Å². The van der Waals surface area contributed by atoms with E-state index in [0.717, 1.165) is 23.8 Å². The molecule has 0 bridgehead atoms. The number of hydrogen-bond acceptors (Lipinski definition) is 4. The molecule has 2 rings (SSSR count). The molecule has 0 amide bonds. The summed E-state index contributed by atoms with van der Waals surface area (Å²) >= 11 is 0. The van der Waals surface area contributed by atoms with E-state index in [2.05, 4.69) is 0 Å². The van der Waals surface area contributed by atoms with Gasteiger partial charge in [-0.15, -0.1) is 0 Å². The van der Waals surface area contributed by atoms with Crippen LogP contribution in [0.3, 0.4) is 0 Å². The molecule has 94 valence electrons. The number of alkyl halides is 1. The largest absolute Gasteiger partial charge is 0.387 e. The molecule has 0 spiro atoms. The van der Waals surface area contributed by atoms with Gasteiger partial charge in [-0.25, -0.2) is 9.18 Å². The van der Waals surface area contributed by atoms with Crippen LogP contribution in [0.2, 0.25) is 0 Å². The Morgan fingerprint density at radius 3 is 2.71 bits per heavy atom. The third-order valence-corrected chi connectivity index (χ3v) is 2.95. The second-order valence-corrected chi connectivity index (χ2v) is 4.31. The van der Waals surface area contributed by atoms with E-state index in [-0.39, 0.29) is 0 Å². The molecule has 1 aromatic rings. The molecule has 1 saturated heterocycles. The summed E-state index contributed by atoms with van der Waals surface area (Å²) in [5.74, 6) is 0. The summed E-state index contributed by atoms with van der Waals surface area (Å²) in [7, 11) is 0. The van der Waals surface area contributed by atoms with Gasteiger partial charge in [0.25, 0.3) is 5.56 Å². The van der Waals surface area contributed by atoms with Crippen molar-refractivity contribution in [2.45, 2.75) is 38.0 Å². The summed E-state index contributed by atoms with van der Waals surface area (Å²) in [5, 5.41) is 9.62. The van der Waals surface area contributed by atoms with E-state index in [1.165, 1.54) is 6.92 Å². The lowest BCUT2D eigenvalue weighted by atomic mass is 9.99. The molecule has 0 saturated carbocycles. The summed E-state index contributed by atoms with van der Waals surface area (Å²) in [4.78, 5) is 24.4. The van der Waals surface area contributed by atoms with Crippen LogP contribution in [0.1, 0.15) is 20.1 Å². The number of aliphatic hydroxyl groups excluding tert-OH is 1. The second-order valence-electron chi connectivity index (χ2n) is 4.31. The van der Waals surface area contributed by atoms with E-state index in [9.17, 15) is 19.1 Å². The van der Waals surface area contributed by atoms with Gasteiger partial charge in [0.2, 0.25) is 0 Å². The third kappa shape index (κ3) is 1.81. The number of aliphatic hydroxyl groups is 1.